The molecule has 0 aromatic heterocycles. The van der Waals surface area contributed by atoms with E-state index in [-0.39, 0.29) is 0 Å². The first kappa shape index (κ1) is 10.0. The van der Waals surface area contributed by atoms with Gasteiger partial charge in [-0.2, -0.15) is 0 Å². The lowest BCUT2D eigenvalue weighted by atomic mass is 9.92. The summed E-state index contributed by atoms with van der Waals surface area (Å²) in [5.41, 5.74) is 1.84. The van der Waals surface area contributed by atoms with Crippen LogP contribution in [0.3, 0.4) is 0 Å². The lowest BCUT2D eigenvalue weighted by molar-refractivity contribution is 0.267. The highest BCUT2D eigenvalue weighted by molar-refractivity contribution is 5.81. The molecule has 2 heteroatoms. The molecule has 1 aliphatic heterocycles. The van der Waals surface area contributed by atoms with Crippen molar-refractivity contribution in [1.29, 1.82) is 5.41 Å². The number of likely N-dealkylation sites (tertiary alicyclic amines) is 1. The van der Waals surface area contributed by atoms with Crippen LogP contribution in [0, 0.1) is 11.3 Å². The molecule has 1 N–H and O–H groups in total. The Morgan fingerprint density at radius 3 is 2.38 bits per heavy atom. The molecule has 13 heavy (non-hydrogen) atoms. The molecule has 1 saturated heterocycles. The van der Waals surface area contributed by atoms with Gasteiger partial charge in [0, 0.05) is 24.5 Å². The third kappa shape index (κ3) is 2.44. The van der Waals surface area contributed by atoms with Gasteiger partial charge in [-0.1, -0.05) is 13.2 Å². The number of allylic oxidation sites excluding steroid dienone is 1. The SMILES string of the molecule is C=CC(=C)N1CCC(C(C)=N)CC1. The summed E-state index contributed by atoms with van der Waals surface area (Å²) in [7, 11) is 0. The number of rotatable bonds is 3. The molecule has 0 unspecified atom stereocenters. The van der Waals surface area contributed by atoms with Crippen LogP contribution in [0.2, 0.25) is 0 Å². The molecule has 0 radical (unpaired) electrons. The fraction of sp³-hybridized carbons (Fsp3) is 0.545. The largest absolute Gasteiger partial charge is 0.372 e. The molecule has 72 valence electrons. The maximum atomic E-state index is 7.55. The summed E-state index contributed by atoms with van der Waals surface area (Å²) in [6.07, 6.45) is 3.97. The van der Waals surface area contributed by atoms with Crippen molar-refractivity contribution >= 4 is 5.71 Å². The molecule has 1 heterocycles. The molecule has 0 bridgehead atoms. The van der Waals surface area contributed by atoms with Crippen LogP contribution in [0.4, 0.5) is 0 Å². The lowest BCUT2D eigenvalue weighted by Gasteiger charge is -2.33. The van der Waals surface area contributed by atoms with Crippen molar-refractivity contribution in [2.75, 3.05) is 13.1 Å². The van der Waals surface area contributed by atoms with E-state index in [1.54, 1.807) is 6.08 Å². The molecule has 0 aliphatic carbocycles. The Labute approximate surface area is 80.4 Å². The second-order valence-electron chi connectivity index (χ2n) is 3.64. The number of nitrogens with one attached hydrogen (secondary N) is 1. The van der Waals surface area contributed by atoms with Gasteiger partial charge in [0.15, 0.2) is 0 Å². The Morgan fingerprint density at radius 1 is 1.46 bits per heavy atom. The van der Waals surface area contributed by atoms with Gasteiger partial charge < -0.3 is 10.3 Å². The van der Waals surface area contributed by atoms with Crippen LogP contribution in [-0.4, -0.2) is 23.7 Å². The summed E-state index contributed by atoms with van der Waals surface area (Å²) >= 11 is 0. The third-order valence-electron chi connectivity index (χ3n) is 2.75. The molecular formula is C11H18N2. The van der Waals surface area contributed by atoms with Gasteiger partial charge >= 0.3 is 0 Å². The van der Waals surface area contributed by atoms with Crippen molar-refractivity contribution in [2.45, 2.75) is 19.8 Å². The summed E-state index contributed by atoms with van der Waals surface area (Å²) in [5.74, 6) is 0.494. The molecule has 2 nitrogen and oxygen atoms in total. The summed E-state index contributed by atoms with van der Waals surface area (Å²) in [5, 5.41) is 7.55. The van der Waals surface area contributed by atoms with Gasteiger partial charge in [0.25, 0.3) is 0 Å². The van der Waals surface area contributed by atoms with Crippen LogP contribution in [0.5, 0.6) is 0 Å². The Bertz CT molecular complexity index is 222. The van der Waals surface area contributed by atoms with Crippen molar-refractivity contribution in [1.82, 2.24) is 4.90 Å². The highest BCUT2D eigenvalue weighted by Crippen LogP contribution is 2.20. The van der Waals surface area contributed by atoms with E-state index in [0.717, 1.165) is 37.3 Å². The Balaban J connectivity index is 2.43. The summed E-state index contributed by atoms with van der Waals surface area (Å²) in [6, 6.07) is 0. The maximum absolute atomic E-state index is 7.55. The van der Waals surface area contributed by atoms with Crippen molar-refractivity contribution in [3.05, 3.63) is 24.9 Å². The summed E-state index contributed by atoms with van der Waals surface area (Å²) < 4.78 is 0. The minimum atomic E-state index is 0.494. The van der Waals surface area contributed by atoms with Crippen LogP contribution in [0.1, 0.15) is 19.8 Å². The molecule has 0 amide bonds. The average molecular weight is 178 g/mol. The topological polar surface area (TPSA) is 27.1 Å². The van der Waals surface area contributed by atoms with Crippen LogP contribution < -0.4 is 0 Å². The van der Waals surface area contributed by atoms with Gasteiger partial charge in [0.1, 0.15) is 0 Å². The molecule has 0 atom stereocenters. The lowest BCUT2D eigenvalue weighted by Crippen LogP contribution is -2.34. The Morgan fingerprint density at radius 2 is 2.00 bits per heavy atom. The van der Waals surface area contributed by atoms with Gasteiger partial charge in [0.2, 0.25) is 0 Å². The van der Waals surface area contributed by atoms with Crippen molar-refractivity contribution in [2.24, 2.45) is 5.92 Å². The predicted molar refractivity (Wildman–Crippen MR) is 57.0 cm³/mol. The van der Waals surface area contributed by atoms with Gasteiger partial charge in [-0.05, 0) is 31.8 Å². The van der Waals surface area contributed by atoms with E-state index in [2.05, 4.69) is 18.1 Å². The average Bonchev–Trinajstić information content (AvgIpc) is 2.17. The van der Waals surface area contributed by atoms with E-state index in [4.69, 9.17) is 5.41 Å². The highest BCUT2D eigenvalue weighted by atomic mass is 15.1. The minimum Gasteiger partial charge on any atom is -0.372 e. The second-order valence-corrected chi connectivity index (χ2v) is 3.64. The van der Waals surface area contributed by atoms with Crippen LogP contribution in [0.25, 0.3) is 0 Å². The van der Waals surface area contributed by atoms with Crippen LogP contribution in [0.15, 0.2) is 24.9 Å². The van der Waals surface area contributed by atoms with Crippen LogP contribution >= 0.6 is 0 Å². The standard InChI is InChI=1S/C11H18N2/c1-4-9(2)13-7-5-11(6-8-13)10(3)12/h4,11-12H,1-2,5-8H2,3H3. The second kappa shape index (κ2) is 4.26. The van der Waals surface area contributed by atoms with E-state index in [1.807, 2.05) is 6.92 Å². The number of hydrogen-bond acceptors (Lipinski definition) is 2. The summed E-state index contributed by atoms with van der Waals surface area (Å²) in [4.78, 5) is 2.24. The van der Waals surface area contributed by atoms with Crippen LogP contribution in [-0.2, 0) is 0 Å². The number of hydrogen-bond donors (Lipinski definition) is 1. The molecule has 0 aromatic rings. The number of nitrogens with zero attached hydrogens (tertiary/aromatic N) is 1. The fourth-order valence-corrected chi connectivity index (χ4v) is 1.73. The first-order valence-corrected chi connectivity index (χ1v) is 4.76. The molecule has 0 spiro atoms. The normalized spacial score (nSPS) is 18.4. The monoisotopic (exact) mass is 178 g/mol. The molecular weight excluding hydrogens is 160 g/mol. The third-order valence-corrected chi connectivity index (χ3v) is 2.75. The zero-order valence-electron chi connectivity index (χ0n) is 8.34. The van der Waals surface area contributed by atoms with Gasteiger partial charge in [-0.3, -0.25) is 0 Å². The van der Waals surface area contributed by atoms with E-state index < -0.39 is 0 Å². The molecule has 1 aliphatic rings. The first-order valence-electron chi connectivity index (χ1n) is 4.76. The first-order chi connectivity index (χ1) is 6.15. The predicted octanol–water partition coefficient (Wildman–Crippen LogP) is 2.44. The molecule has 1 rings (SSSR count). The molecule has 1 fully saturated rings. The van der Waals surface area contributed by atoms with Gasteiger partial charge in [-0.15, -0.1) is 0 Å². The van der Waals surface area contributed by atoms with E-state index >= 15 is 0 Å². The van der Waals surface area contributed by atoms with Crippen molar-refractivity contribution in [3.63, 3.8) is 0 Å². The zero-order chi connectivity index (χ0) is 9.84. The van der Waals surface area contributed by atoms with Crippen molar-refractivity contribution < 1.29 is 0 Å². The highest BCUT2D eigenvalue weighted by Gasteiger charge is 2.19. The zero-order valence-corrected chi connectivity index (χ0v) is 8.34. The van der Waals surface area contributed by atoms with E-state index in [1.165, 1.54) is 0 Å². The Kier molecular flexibility index (Phi) is 3.29. The maximum Gasteiger partial charge on any atom is 0.0287 e. The van der Waals surface area contributed by atoms with E-state index in [9.17, 15) is 0 Å². The van der Waals surface area contributed by atoms with Gasteiger partial charge in [-0.25, -0.2) is 0 Å². The summed E-state index contributed by atoms with van der Waals surface area (Å²) in [6.45, 7) is 11.6. The Hall–Kier alpha value is -1.05. The minimum absolute atomic E-state index is 0.494. The smallest absolute Gasteiger partial charge is 0.0287 e. The van der Waals surface area contributed by atoms with Crippen molar-refractivity contribution in [3.8, 4) is 0 Å². The quantitative estimate of drug-likeness (QED) is 0.521. The molecule has 0 saturated carbocycles. The molecule has 0 aromatic carbocycles. The van der Waals surface area contributed by atoms with Gasteiger partial charge in [0.05, 0.1) is 0 Å². The fourth-order valence-electron chi connectivity index (χ4n) is 1.73. The number of piperidine rings is 1. The van der Waals surface area contributed by atoms with E-state index in [0.29, 0.717) is 5.92 Å².